The van der Waals surface area contributed by atoms with E-state index in [-0.39, 0.29) is 17.4 Å². The monoisotopic (exact) mass is 953 g/mol. The number of carboxylic acids is 1. The minimum Gasteiger partial charge on any atom is -0.479 e. The molecule has 0 aromatic heterocycles. The zero-order valence-electron chi connectivity index (χ0n) is 40.7. The van der Waals surface area contributed by atoms with Crippen molar-refractivity contribution in [1.29, 1.82) is 0 Å². The summed E-state index contributed by atoms with van der Waals surface area (Å²) in [4.78, 5) is 38.5. The van der Waals surface area contributed by atoms with Crippen LogP contribution >= 0.6 is 0 Å². The second-order valence-electron chi connectivity index (χ2n) is 22.9. The van der Waals surface area contributed by atoms with Crippen LogP contribution in [0.15, 0.2) is 23.3 Å². The van der Waals surface area contributed by atoms with Gasteiger partial charge >= 0.3 is 17.9 Å². The Labute approximate surface area is 392 Å². The number of ether oxygens (including phenoxy) is 6. The van der Waals surface area contributed by atoms with Gasteiger partial charge in [0.1, 0.15) is 42.7 Å². The Hall–Kier alpha value is -2.59. The lowest BCUT2D eigenvalue weighted by Gasteiger charge is -2.73. The van der Waals surface area contributed by atoms with Crippen LogP contribution in [0.1, 0.15) is 115 Å². The van der Waals surface area contributed by atoms with Crippen LogP contribution in [0.2, 0.25) is 0 Å². The van der Waals surface area contributed by atoms with Gasteiger partial charge < -0.3 is 74.4 Å². The molecular formula is C49H76O18. The molecule has 9 N–H and O–H groups in total. The van der Waals surface area contributed by atoms with E-state index < -0.39 is 155 Å². The molecule has 7 aliphatic rings. The predicted octanol–water partition coefficient (Wildman–Crippen LogP) is 1.88. The molecule has 67 heavy (non-hydrogen) atoms. The Morgan fingerprint density at radius 2 is 1.43 bits per heavy atom. The average molecular weight is 953 g/mol. The number of allylic oxidation sites excluding steroid dienone is 2. The van der Waals surface area contributed by atoms with E-state index in [0.29, 0.717) is 38.5 Å². The Balaban J connectivity index is 1.22. The largest absolute Gasteiger partial charge is 0.479 e. The molecule has 0 amide bonds. The number of rotatable bonds is 9. The maximum absolute atomic E-state index is 13.6. The lowest BCUT2D eigenvalue weighted by Crippen LogP contribution is -2.76. The molecule has 2 saturated heterocycles. The molecule has 2 heterocycles. The fraction of sp³-hybridized carbons (Fsp3) is 0.857. The molecule has 0 radical (unpaired) electrons. The van der Waals surface area contributed by atoms with Crippen LogP contribution in [0.25, 0.3) is 0 Å². The van der Waals surface area contributed by atoms with Gasteiger partial charge in [-0.05, 0) is 93.3 Å². The number of hydrogen-bond donors (Lipinski definition) is 9. The van der Waals surface area contributed by atoms with E-state index in [4.69, 9.17) is 28.4 Å². The van der Waals surface area contributed by atoms with Gasteiger partial charge in [-0.3, -0.25) is 4.79 Å². The summed E-state index contributed by atoms with van der Waals surface area (Å²) in [7, 11) is 0. The summed E-state index contributed by atoms with van der Waals surface area (Å²) in [6, 6.07) is 0. The number of aliphatic carboxylic acids is 1. The van der Waals surface area contributed by atoms with Crippen LogP contribution in [0, 0.1) is 50.2 Å². The normalized spacial score (nSPS) is 50.3. The van der Waals surface area contributed by atoms with Crippen LogP contribution in [0.4, 0.5) is 0 Å². The average Bonchev–Trinajstić information content (AvgIpc) is 3.25. The summed E-state index contributed by atoms with van der Waals surface area (Å²) in [6.45, 7) is 19.7. The minimum absolute atomic E-state index is 0.0379. The molecule has 18 heteroatoms. The molecule has 0 aromatic carbocycles. The number of fused-ring (bicyclic) bond motifs is 7. The lowest BCUT2D eigenvalue weighted by atomic mass is 9.32. The van der Waals surface area contributed by atoms with Crippen molar-refractivity contribution in [3.05, 3.63) is 23.3 Å². The van der Waals surface area contributed by atoms with Crippen LogP contribution < -0.4 is 0 Å². The van der Waals surface area contributed by atoms with E-state index >= 15 is 0 Å². The first-order valence-corrected chi connectivity index (χ1v) is 24.0. The van der Waals surface area contributed by atoms with Crippen molar-refractivity contribution >= 4 is 17.9 Å². The molecule has 0 bridgehead atoms. The zero-order chi connectivity index (χ0) is 49.9. The fourth-order valence-corrected chi connectivity index (χ4v) is 14.8. The van der Waals surface area contributed by atoms with E-state index in [2.05, 4.69) is 33.8 Å². The predicted molar refractivity (Wildman–Crippen MR) is 235 cm³/mol. The minimum atomic E-state index is -1.96. The number of aliphatic hydroxyl groups excluding tert-OH is 8. The van der Waals surface area contributed by atoms with E-state index in [1.165, 1.54) is 13.8 Å². The molecule has 7 rings (SSSR count). The van der Waals surface area contributed by atoms with Gasteiger partial charge in [-0.15, -0.1) is 0 Å². The molecule has 6 fully saturated rings. The number of carbonyl (C=O) groups is 3. The van der Waals surface area contributed by atoms with Crippen LogP contribution in [0.3, 0.4) is 0 Å². The van der Waals surface area contributed by atoms with Gasteiger partial charge in [0.15, 0.2) is 24.8 Å². The molecule has 380 valence electrons. The van der Waals surface area contributed by atoms with E-state index in [1.807, 2.05) is 20.8 Å². The van der Waals surface area contributed by atoms with Gasteiger partial charge in [0.2, 0.25) is 0 Å². The van der Waals surface area contributed by atoms with Crippen molar-refractivity contribution in [1.82, 2.24) is 0 Å². The Morgan fingerprint density at radius 3 is 2.03 bits per heavy atom. The Morgan fingerprint density at radius 1 is 0.776 bits per heavy atom. The summed E-state index contributed by atoms with van der Waals surface area (Å²) in [5.74, 6) is -3.55. The lowest BCUT2D eigenvalue weighted by molar-refractivity contribution is -0.372. The smallest absolute Gasteiger partial charge is 0.335 e. The third-order valence-electron chi connectivity index (χ3n) is 18.9. The molecule has 0 spiro atoms. The highest BCUT2D eigenvalue weighted by molar-refractivity contribution is 5.88. The maximum atomic E-state index is 13.6. The Bertz CT molecular complexity index is 1970. The van der Waals surface area contributed by atoms with Gasteiger partial charge in [-0.2, -0.15) is 0 Å². The van der Waals surface area contributed by atoms with Gasteiger partial charge in [0.25, 0.3) is 0 Å². The van der Waals surface area contributed by atoms with Gasteiger partial charge in [-0.1, -0.05) is 66.2 Å². The molecule has 4 saturated carbocycles. The standard InChI is InChI=1S/C49H76O18/c1-12-21(2)41(61)67-39-38(63-23(4)51)44(5,6)19-25-24-13-14-27-46(9)17-16-28(45(7,8)26(46)15-18-47(27,10)48(24,11)36(57)37(58)49(25,39)20-50)64-43-35(32(55)31(54)34(65-43)40(59)60)66-42-33(56)30(53)29(52)22(3)62-42/h12-13,22,25-39,42-43,50,52-58H,14-20H2,1-11H3,(H,59,60)/b21-12+/t22-,25+,26+,27-,28+,29-,30+,31+,32+,33+,34+,35-,36+,37-,38+,39+,42-,43-,46+,47-,48+,49+/m1/s1. The van der Waals surface area contributed by atoms with Gasteiger partial charge in [0.05, 0.1) is 36.4 Å². The highest BCUT2D eigenvalue weighted by Crippen LogP contribution is 2.76. The van der Waals surface area contributed by atoms with Crippen molar-refractivity contribution in [2.75, 3.05) is 6.61 Å². The summed E-state index contributed by atoms with van der Waals surface area (Å²) in [6.07, 6.45) is -15.6. The number of aliphatic hydroxyl groups is 8. The molecule has 0 unspecified atom stereocenters. The van der Waals surface area contributed by atoms with Gasteiger partial charge in [-0.25, -0.2) is 9.59 Å². The molecule has 22 atom stereocenters. The number of carboxylic acid groups (broad SMARTS) is 1. The third-order valence-corrected chi connectivity index (χ3v) is 18.9. The molecule has 18 nitrogen and oxygen atoms in total. The fourth-order valence-electron chi connectivity index (χ4n) is 14.8. The van der Waals surface area contributed by atoms with Crippen LogP contribution in [-0.2, 0) is 42.8 Å². The SMILES string of the molecule is C/C=C(\C)C(=O)O[C@H]1[C@H](OC(C)=O)C(C)(C)C[C@H]2C3=CC[C@@H]4[C@@]5(C)CC[C@H](O[C@@H]6O[C@H](C(=O)O)[C@@H](O)[C@H](O)[C@H]6O[C@H]6O[C@H](C)[C@@H](O)[C@H](O)[C@@H]6O)C(C)(C)[C@@H]5CC[C@@]4(C)[C@]3(C)[C@@H](O)[C@@H](O)[C@]21CO. The number of carbonyl (C=O) groups excluding carboxylic acids is 2. The summed E-state index contributed by atoms with van der Waals surface area (Å²) in [5.41, 5.74) is -4.02. The quantitative estimate of drug-likeness (QED) is 0.0690. The highest BCUT2D eigenvalue weighted by Gasteiger charge is 2.76. The second kappa shape index (κ2) is 17.9. The third kappa shape index (κ3) is 7.77. The first-order chi connectivity index (χ1) is 31.0. The molecule has 0 aromatic rings. The molecule has 5 aliphatic carbocycles. The summed E-state index contributed by atoms with van der Waals surface area (Å²) < 4.78 is 36.3. The van der Waals surface area contributed by atoms with Crippen molar-refractivity contribution in [3.63, 3.8) is 0 Å². The topological polar surface area (TPSA) is 289 Å². The zero-order valence-corrected chi connectivity index (χ0v) is 40.7. The second-order valence-corrected chi connectivity index (χ2v) is 22.9. The van der Waals surface area contributed by atoms with Crippen LogP contribution in [0.5, 0.6) is 0 Å². The number of esters is 2. The first-order valence-electron chi connectivity index (χ1n) is 24.0. The highest BCUT2D eigenvalue weighted by atomic mass is 16.8. The maximum Gasteiger partial charge on any atom is 0.335 e. The van der Waals surface area contributed by atoms with Gasteiger partial charge in [0, 0.05) is 23.3 Å². The van der Waals surface area contributed by atoms with Crippen molar-refractivity contribution in [2.45, 2.75) is 207 Å². The summed E-state index contributed by atoms with van der Waals surface area (Å²) >= 11 is 0. The van der Waals surface area contributed by atoms with E-state index in [1.54, 1.807) is 19.9 Å². The Kier molecular flexibility index (Phi) is 14.0. The molecule has 2 aliphatic heterocycles. The van der Waals surface area contributed by atoms with Crippen molar-refractivity contribution in [3.8, 4) is 0 Å². The number of hydrogen-bond acceptors (Lipinski definition) is 17. The van der Waals surface area contributed by atoms with Crippen molar-refractivity contribution < 1.29 is 88.8 Å². The van der Waals surface area contributed by atoms with E-state index in [9.17, 15) is 60.3 Å². The summed E-state index contributed by atoms with van der Waals surface area (Å²) in [5, 5.41) is 101. The van der Waals surface area contributed by atoms with E-state index in [0.717, 1.165) is 5.57 Å². The van der Waals surface area contributed by atoms with Crippen molar-refractivity contribution in [2.24, 2.45) is 50.2 Å². The van der Waals surface area contributed by atoms with Crippen LogP contribution in [-0.4, -0.2) is 162 Å². The molecular weight excluding hydrogens is 877 g/mol. The first kappa shape index (κ1) is 52.2.